The second-order valence-electron chi connectivity index (χ2n) is 5.50. The zero-order valence-electron chi connectivity index (χ0n) is 11.2. The Labute approximate surface area is 120 Å². The van der Waals surface area contributed by atoms with Crippen LogP contribution in [0.15, 0.2) is 5.38 Å². The van der Waals surface area contributed by atoms with Gasteiger partial charge in [-0.15, -0.1) is 11.3 Å². The van der Waals surface area contributed by atoms with Crippen LogP contribution in [0.3, 0.4) is 0 Å². The van der Waals surface area contributed by atoms with E-state index in [1.54, 1.807) is 10.3 Å². The number of aliphatic hydroxyl groups is 1. The summed E-state index contributed by atoms with van der Waals surface area (Å²) in [6.07, 6.45) is 1.56. The smallest absolute Gasteiger partial charge is 0.273 e. The molecule has 2 heterocycles. The average Bonchev–Trinajstić information content (AvgIpc) is 3.06. The van der Waals surface area contributed by atoms with E-state index in [1.807, 2.05) is 0 Å². The van der Waals surface area contributed by atoms with E-state index < -0.39 is 0 Å². The number of hydrogen-bond acceptors (Lipinski definition) is 5. The van der Waals surface area contributed by atoms with Gasteiger partial charge in [-0.3, -0.25) is 9.59 Å². The Bertz CT molecular complexity index is 545. The Morgan fingerprint density at radius 2 is 2.25 bits per heavy atom. The summed E-state index contributed by atoms with van der Waals surface area (Å²) >= 11 is 1.25. The molecule has 2 aliphatic rings. The molecule has 1 aromatic heterocycles. The van der Waals surface area contributed by atoms with E-state index in [0.717, 1.165) is 12.8 Å². The van der Waals surface area contributed by atoms with Crippen molar-refractivity contribution in [2.75, 3.05) is 18.4 Å². The molecular weight excluding hydrogens is 278 g/mol. The van der Waals surface area contributed by atoms with Crippen molar-refractivity contribution >= 4 is 28.3 Å². The number of nitrogens with one attached hydrogen (secondary N) is 1. The van der Waals surface area contributed by atoms with Crippen LogP contribution in [0, 0.1) is 11.8 Å². The molecule has 7 heteroatoms. The molecule has 2 N–H and O–H groups in total. The molecule has 2 amide bonds. The number of amides is 2. The van der Waals surface area contributed by atoms with Gasteiger partial charge in [0, 0.05) is 31.3 Å². The second kappa shape index (κ2) is 5.14. The fraction of sp³-hybridized carbons (Fsp3) is 0.615. The van der Waals surface area contributed by atoms with Crippen molar-refractivity contribution in [1.29, 1.82) is 0 Å². The molecule has 0 bridgehead atoms. The summed E-state index contributed by atoms with van der Waals surface area (Å²) in [7, 11) is 0. The Morgan fingerprint density at radius 3 is 2.95 bits per heavy atom. The number of rotatable bonds is 2. The van der Waals surface area contributed by atoms with Gasteiger partial charge in [-0.25, -0.2) is 4.98 Å². The van der Waals surface area contributed by atoms with E-state index in [4.69, 9.17) is 0 Å². The predicted molar refractivity (Wildman–Crippen MR) is 74.5 cm³/mol. The molecule has 0 spiro atoms. The van der Waals surface area contributed by atoms with Crippen LogP contribution in [0.1, 0.15) is 30.3 Å². The Kier molecular flexibility index (Phi) is 3.47. The molecule has 3 atom stereocenters. The third-order valence-corrected chi connectivity index (χ3v) is 4.87. The highest BCUT2D eigenvalue weighted by molar-refractivity contribution is 7.14. The largest absolute Gasteiger partial charge is 0.393 e. The second-order valence-corrected chi connectivity index (χ2v) is 6.36. The van der Waals surface area contributed by atoms with Gasteiger partial charge in [-0.2, -0.15) is 0 Å². The number of aliphatic hydroxyl groups excluding tert-OH is 1. The molecule has 2 fully saturated rings. The van der Waals surface area contributed by atoms with Gasteiger partial charge >= 0.3 is 0 Å². The minimum Gasteiger partial charge on any atom is -0.393 e. The first-order valence-electron chi connectivity index (χ1n) is 6.75. The standard InChI is InChI=1S/C13H17N3O3S/c1-7(17)14-13-15-10(6-20-13)12(19)16-4-8-2-3-11(18)9(8)5-16/h6,8-9,11,18H,2-5H2,1H3,(H,14,15,17). The number of carbonyl (C=O) groups is 2. The van der Waals surface area contributed by atoms with Gasteiger partial charge in [0.2, 0.25) is 5.91 Å². The lowest BCUT2D eigenvalue weighted by Gasteiger charge is -2.17. The maximum absolute atomic E-state index is 12.4. The fourth-order valence-electron chi connectivity index (χ4n) is 3.14. The number of likely N-dealkylation sites (tertiary alicyclic amines) is 1. The molecule has 3 unspecified atom stereocenters. The number of fused-ring (bicyclic) bond motifs is 1. The van der Waals surface area contributed by atoms with Crippen molar-refractivity contribution < 1.29 is 14.7 Å². The number of aromatic nitrogens is 1. The summed E-state index contributed by atoms with van der Waals surface area (Å²) in [5.41, 5.74) is 0.369. The molecule has 1 aliphatic carbocycles. The molecule has 1 aliphatic heterocycles. The topological polar surface area (TPSA) is 82.5 Å². The van der Waals surface area contributed by atoms with Crippen molar-refractivity contribution in [1.82, 2.24) is 9.88 Å². The van der Waals surface area contributed by atoms with E-state index in [0.29, 0.717) is 29.8 Å². The summed E-state index contributed by atoms with van der Waals surface area (Å²) in [6, 6.07) is 0. The summed E-state index contributed by atoms with van der Waals surface area (Å²) in [6.45, 7) is 2.72. The SMILES string of the molecule is CC(=O)Nc1nc(C(=O)N2CC3CCC(O)C3C2)cs1. The molecule has 1 saturated heterocycles. The van der Waals surface area contributed by atoms with Crippen molar-refractivity contribution in [2.45, 2.75) is 25.9 Å². The van der Waals surface area contributed by atoms with E-state index >= 15 is 0 Å². The summed E-state index contributed by atoms with van der Waals surface area (Å²) < 4.78 is 0. The van der Waals surface area contributed by atoms with Crippen LogP contribution in [0.5, 0.6) is 0 Å². The van der Waals surface area contributed by atoms with Crippen molar-refractivity contribution in [3.63, 3.8) is 0 Å². The number of nitrogens with zero attached hydrogens (tertiary/aromatic N) is 2. The molecular formula is C13H17N3O3S. The molecule has 20 heavy (non-hydrogen) atoms. The Morgan fingerprint density at radius 1 is 1.45 bits per heavy atom. The first-order valence-corrected chi connectivity index (χ1v) is 7.63. The van der Waals surface area contributed by atoms with Crippen LogP contribution < -0.4 is 5.32 Å². The van der Waals surface area contributed by atoms with E-state index in [2.05, 4.69) is 10.3 Å². The Balaban J connectivity index is 1.68. The highest BCUT2D eigenvalue weighted by Gasteiger charge is 2.43. The highest BCUT2D eigenvalue weighted by Crippen LogP contribution is 2.38. The van der Waals surface area contributed by atoms with E-state index in [-0.39, 0.29) is 23.8 Å². The van der Waals surface area contributed by atoms with Crippen molar-refractivity contribution in [3.05, 3.63) is 11.1 Å². The van der Waals surface area contributed by atoms with Crippen molar-refractivity contribution in [3.8, 4) is 0 Å². The van der Waals surface area contributed by atoms with E-state index in [9.17, 15) is 14.7 Å². The molecule has 0 radical (unpaired) electrons. The number of hydrogen-bond donors (Lipinski definition) is 2. The lowest BCUT2D eigenvalue weighted by molar-refractivity contribution is -0.114. The van der Waals surface area contributed by atoms with Gasteiger partial charge in [0.05, 0.1) is 6.10 Å². The predicted octanol–water partition coefficient (Wildman–Crippen LogP) is 0.944. The van der Waals surface area contributed by atoms with Crippen LogP contribution in [0.2, 0.25) is 0 Å². The maximum Gasteiger partial charge on any atom is 0.273 e. The third-order valence-electron chi connectivity index (χ3n) is 4.11. The van der Waals surface area contributed by atoms with Crippen LogP contribution in [-0.2, 0) is 4.79 Å². The molecule has 1 aromatic rings. The fourth-order valence-corrected chi connectivity index (χ4v) is 3.87. The van der Waals surface area contributed by atoms with Gasteiger partial charge in [-0.1, -0.05) is 0 Å². The molecule has 0 aromatic carbocycles. The van der Waals surface area contributed by atoms with Gasteiger partial charge in [0.25, 0.3) is 5.91 Å². The summed E-state index contributed by atoms with van der Waals surface area (Å²) in [5, 5.41) is 14.6. The normalized spacial score (nSPS) is 28.5. The molecule has 6 nitrogen and oxygen atoms in total. The summed E-state index contributed by atoms with van der Waals surface area (Å²) in [4.78, 5) is 29.2. The quantitative estimate of drug-likeness (QED) is 0.851. The van der Waals surface area contributed by atoms with Gasteiger partial charge in [0.15, 0.2) is 5.13 Å². The van der Waals surface area contributed by atoms with E-state index in [1.165, 1.54) is 18.3 Å². The van der Waals surface area contributed by atoms with Gasteiger partial charge in [0.1, 0.15) is 5.69 Å². The molecule has 108 valence electrons. The number of carbonyl (C=O) groups excluding carboxylic acids is 2. The maximum atomic E-state index is 12.4. The first kappa shape index (κ1) is 13.5. The van der Waals surface area contributed by atoms with Gasteiger partial charge in [-0.05, 0) is 18.8 Å². The Hall–Kier alpha value is -1.47. The van der Waals surface area contributed by atoms with Crippen LogP contribution in [0.25, 0.3) is 0 Å². The lowest BCUT2D eigenvalue weighted by atomic mass is 10.00. The average molecular weight is 295 g/mol. The van der Waals surface area contributed by atoms with Crippen LogP contribution >= 0.6 is 11.3 Å². The number of thiazole rings is 1. The molecule has 1 saturated carbocycles. The van der Waals surface area contributed by atoms with Gasteiger partial charge < -0.3 is 15.3 Å². The van der Waals surface area contributed by atoms with Crippen LogP contribution in [0.4, 0.5) is 5.13 Å². The zero-order chi connectivity index (χ0) is 14.3. The minimum absolute atomic E-state index is 0.112. The highest BCUT2D eigenvalue weighted by atomic mass is 32.1. The van der Waals surface area contributed by atoms with Crippen molar-refractivity contribution in [2.24, 2.45) is 11.8 Å². The zero-order valence-corrected chi connectivity index (χ0v) is 12.0. The lowest BCUT2D eigenvalue weighted by Crippen LogP contribution is -2.31. The monoisotopic (exact) mass is 295 g/mol. The molecule has 3 rings (SSSR count). The minimum atomic E-state index is -0.275. The number of anilines is 1. The third kappa shape index (κ3) is 2.43. The van der Waals surface area contributed by atoms with Crippen LogP contribution in [-0.4, -0.2) is 46.0 Å². The first-order chi connectivity index (χ1) is 9.54. The summed E-state index contributed by atoms with van der Waals surface area (Å²) in [5.74, 6) is 0.325.